The molecule has 0 bridgehead atoms. The average Bonchev–Trinajstić information content (AvgIpc) is 2.84. The molecule has 0 aromatic heterocycles. The lowest BCUT2D eigenvalue weighted by atomic mass is 10.1. The maximum Gasteiger partial charge on any atom is 0.472 e. The van der Waals surface area contributed by atoms with Crippen molar-refractivity contribution in [1.82, 2.24) is 0 Å². The van der Waals surface area contributed by atoms with Gasteiger partial charge in [-0.25, -0.2) is 4.57 Å². The molecule has 3 atom stereocenters. The van der Waals surface area contributed by atoms with Crippen molar-refractivity contribution in [3.05, 3.63) is 24.3 Å². The predicted molar refractivity (Wildman–Crippen MR) is 138 cm³/mol. The number of aliphatic hydroxyl groups is 1. The number of carbonyl (C=O) groups excluding carboxylic acids is 1. The minimum Gasteiger partial charge on any atom is -0.480 e. The third-order valence-electron chi connectivity index (χ3n) is 5.18. The Hall–Kier alpha value is -1.55. The fourth-order valence-corrected chi connectivity index (χ4v) is 3.81. The van der Waals surface area contributed by atoms with Crippen molar-refractivity contribution in [2.24, 2.45) is 5.73 Å². The molecule has 0 fully saturated rings. The molecular formula is C25H46NO9P. The van der Waals surface area contributed by atoms with Gasteiger partial charge < -0.3 is 25.6 Å². The largest absolute Gasteiger partial charge is 0.480 e. The lowest BCUT2D eigenvalue weighted by Gasteiger charge is -2.16. The van der Waals surface area contributed by atoms with Gasteiger partial charge in [-0.3, -0.25) is 18.6 Å². The van der Waals surface area contributed by atoms with Crippen LogP contribution in [0, 0.1) is 0 Å². The maximum atomic E-state index is 11.8. The number of phosphoric acid groups is 1. The quantitative estimate of drug-likeness (QED) is 0.0592. The Morgan fingerprint density at radius 3 is 2.03 bits per heavy atom. The molecule has 36 heavy (non-hydrogen) atoms. The van der Waals surface area contributed by atoms with Crippen LogP contribution in [0.3, 0.4) is 0 Å². The molecule has 0 radical (unpaired) electrons. The Morgan fingerprint density at radius 2 is 1.42 bits per heavy atom. The highest BCUT2D eigenvalue weighted by Crippen LogP contribution is 2.43. The molecule has 0 aromatic rings. The molecular weight excluding hydrogens is 489 g/mol. The van der Waals surface area contributed by atoms with Crippen LogP contribution in [0.5, 0.6) is 0 Å². The van der Waals surface area contributed by atoms with E-state index >= 15 is 0 Å². The number of allylic oxidation sites excluding steroid dienone is 4. The van der Waals surface area contributed by atoms with E-state index in [2.05, 4.69) is 40.3 Å². The number of hydrogen-bond donors (Lipinski definition) is 4. The first-order valence-electron chi connectivity index (χ1n) is 12.9. The highest BCUT2D eigenvalue weighted by atomic mass is 31.2. The molecule has 11 heteroatoms. The van der Waals surface area contributed by atoms with Gasteiger partial charge in [-0.1, -0.05) is 69.8 Å². The normalized spacial score (nSPS) is 15.2. The van der Waals surface area contributed by atoms with Gasteiger partial charge in [0.1, 0.15) is 18.8 Å². The molecule has 0 spiro atoms. The van der Waals surface area contributed by atoms with Gasteiger partial charge in [0.15, 0.2) is 0 Å². The van der Waals surface area contributed by atoms with Gasteiger partial charge in [0.05, 0.1) is 13.2 Å². The molecule has 0 rings (SSSR count). The molecule has 10 nitrogen and oxygen atoms in total. The second-order valence-corrected chi connectivity index (χ2v) is 10.1. The van der Waals surface area contributed by atoms with Crippen LogP contribution in [-0.2, 0) is 27.9 Å². The number of phosphoric ester groups is 1. The van der Waals surface area contributed by atoms with Gasteiger partial charge in [0.25, 0.3) is 0 Å². The smallest absolute Gasteiger partial charge is 0.472 e. The van der Waals surface area contributed by atoms with Gasteiger partial charge in [-0.05, 0) is 38.5 Å². The third-order valence-corrected chi connectivity index (χ3v) is 6.13. The van der Waals surface area contributed by atoms with E-state index in [1.165, 1.54) is 32.1 Å². The Bertz CT molecular complexity index is 684. The highest BCUT2D eigenvalue weighted by Gasteiger charge is 2.26. The topological polar surface area (TPSA) is 166 Å². The molecule has 0 aliphatic carbocycles. The third kappa shape index (κ3) is 22.9. The summed E-state index contributed by atoms with van der Waals surface area (Å²) in [5.41, 5.74) is 5.15. The summed E-state index contributed by atoms with van der Waals surface area (Å²) in [5, 5.41) is 18.3. The summed E-state index contributed by atoms with van der Waals surface area (Å²) in [4.78, 5) is 31.7. The number of carboxylic acid groups (broad SMARTS) is 1. The standard InChI is InChI=1S/C25H46NO9P/c1-2-3-4-5-6-7-8-9-10-11-12-13-14-15-16-17-18-24(28)33-19-22(27)20-34-36(31,32)35-21-23(26)25(29)30/h7-8,10-11,22-23,27H,2-6,9,12-21,26H2,1H3,(H,29,30)(H,31,32)/b8-7-,11-10-. The average molecular weight is 536 g/mol. The maximum absolute atomic E-state index is 11.8. The molecule has 0 amide bonds. The molecule has 210 valence electrons. The van der Waals surface area contributed by atoms with E-state index in [1.807, 2.05) is 0 Å². The van der Waals surface area contributed by atoms with Crippen LogP contribution in [-0.4, -0.2) is 59.0 Å². The summed E-state index contributed by atoms with van der Waals surface area (Å²) in [5.74, 6) is -1.87. The van der Waals surface area contributed by atoms with Crippen LogP contribution < -0.4 is 5.73 Å². The number of rotatable bonds is 24. The summed E-state index contributed by atoms with van der Waals surface area (Å²) >= 11 is 0. The zero-order valence-electron chi connectivity index (χ0n) is 21.6. The summed E-state index contributed by atoms with van der Waals surface area (Å²) in [6.45, 7) is 0.461. The first-order chi connectivity index (χ1) is 17.2. The molecule has 0 aromatic carbocycles. The summed E-state index contributed by atoms with van der Waals surface area (Å²) in [6, 6.07) is -1.49. The first kappa shape index (κ1) is 34.5. The van der Waals surface area contributed by atoms with Gasteiger partial charge in [0, 0.05) is 6.42 Å². The first-order valence-corrected chi connectivity index (χ1v) is 14.4. The van der Waals surface area contributed by atoms with Crippen LogP contribution in [0.25, 0.3) is 0 Å². The summed E-state index contributed by atoms with van der Waals surface area (Å²) in [7, 11) is -4.59. The van der Waals surface area contributed by atoms with Gasteiger partial charge >= 0.3 is 19.8 Å². The van der Waals surface area contributed by atoms with Crippen molar-refractivity contribution in [3.8, 4) is 0 Å². The van der Waals surface area contributed by atoms with E-state index in [4.69, 9.17) is 15.6 Å². The van der Waals surface area contributed by atoms with Crippen molar-refractivity contribution in [2.75, 3.05) is 19.8 Å². The van der Waals surface area contributed by atoms with E-state index < -0.39 is 51.7 Å². The van der Waals surface area contributed by atoms with Crippen molar-refractivity contribution < 1.29 is 43.0 Å². The van der Waals surface area contributed by atoms with Crippen LogP contribution in [0.4, 0.5) is 0 Å². The molecule has 0 saturated heterocycles. The van der Waals surface area contributed by atoms with E-state index in [1.54, 1.807) is 0 Å². The fraction of sp³-hybridized carbons (Fsp3) is 0.760. The van der Waals surface area contributed by atoms with E-state index in [0.717, 1.165) is 38.5 Å². The van der Waals surface area contributed by atoms with Crippen LogP contribution in [0.2, 0.25) is 0 Å². The molecule has 0 aliphatic rings. The molecule has 5 N–H and O–H groups in total. The number of carboxylic acids is 1. The van der Waals surface area contributed by atoms with Gasteiger partial charge in [-0.2, -0.15) is 0 Å². The lowest BCUT2D eigenvalue weighted by molar-refractivity contribution is -0.147. The van der Waals surface area contributed by atoms with E-state index in [9.17, 15) is 24.2 Å². The van der Waals surface area contributed by atoms with Crippen molar-refractivity contribution in [2.45, 2.75) is 103 Å². The predicted octanol–water partition coefficient (Wildman–Crippen LogP) is 4.64. The van der Waals surface area contributed by atoms with Crippen molar-refractivity contribution >= 4 is 19.8 Å². The number of ether oxygens (including phenoxy) is 1. The van der Waals surface area contributed by atoms with E-state index in [-0.39, 0.29) is 6.42 Å². The minimum atomic E-state index is -4.59. The number of esters is 1. The number of nitrogens with two attached hydrogens (primary N) is 1. The van der Waals surface area contributed by atoms with Crippen LogP contribution in [0.15, 0.2) is 24.3 Å². The Kier molecular flexibility index (Phi) is 21.7. The number of unbranched alkanes of at least 4 members (excludes halogenated alkanes) is 9. The highest BCUT2D eigenvalue weighted by molar-refractivity contribution is 7.47. The molecule has 0 aliphatic heterocycles. The molecule has 3 unspecified atom stereocenters. The van der Waals surface area contributed by atoms with Crippen molar-refractivity contribution in [3.63, 3.8) is 0 Å². The molecule has 0 heterocycles. The van der Waals surface area contributed by atoms with Gasteiger partial charge in [-0.15, -0.1) is 0 Å². The Morgan fingerprint density at radius 1 is 0.861 bits per heavy atom. The number of aliphatic carboxylic acids is 1. The van der Waals surface area contributed by atoms with Crippen LogP contribution >= 0.6 is 7.82 Å². The number of hydrogen-bond acceptors (Lipinski definition) is 8. The second kappa shape index (κ2) is 22.6. The second-order valence-electron chi connectivity index (χ2n) is 8.68. The Labute approximate surface area is 215 Å². The monoisotopic (exact) mass is 535 g/mol. The van der Waals surface area contributed by atoms with Crippen molar-refractivity contribution in [1.29, 1.82) is 0 Å². The van der Waals surface area contributed by atoms with Crippen LogP contribution in [0.1, 0.15) is 90.4 Å². The summed E-state index contributed by atoms with van der Waals surface area (Å²) in [6.07, 6.45) is 21.1. The minimum absolute atomic E-state index is 0.229. The summed E-state index contributed by atoms with van der Waals surface area (Å²) < 4.78 is 25.5. The van der Waals surface area contributed by atoms with E-state index in [0.29, 0.717) is 6.42 Å². The number of carbonyl (C=O) groups is 2. The molecule has 0 saturated carbocycles. The van der Waals surface area contributed by atoms with Gasteiger partial charge in [0.2, 0.25) is 0 Å². The number of aliphatic hydroxyl groups excluding tert-OH is 1. The lowest BCUT2D eigenvalue weighted by Crippen LogP contribution is -2.34. The fourth-order valence-electron chi connectivity index (χ4n) is 3.03. The zero-order chi connectivity index (χ0) is 27.1. The zero-order valence-corrected chi connectivity index (χ0v) is 22.5. The Balaban J connectivity index is 3.65. The SMILES string of the molecule is CCCCCC/C=C\C/C=C\CCCCCCCC(=O)OCC(O)COP(=O)(O)OCC(N)C(=O)O.